The molecule has 1 aliphatic rings. The van der Waals surface area contributed by atoms with Crippen molar-refractivity contribution in [1.82, 2.24) is 13.9 Å². The Bertz CT molecular complexity index is 382. The van der Waals surface area contributed by atoms with E-state index in [9.17, 15) is 8.42 Å². The van der Waals surface area contributed by atoms with Crippen LogP contribution in [0.2, 0.25) is 0 Å². The largest absolute Gasteiger partial charge is 0.319 e. The van der Waals surface area contributed by atoms with Crippen LogP contribution in [-0.2, 0) is 10.2 Å². The minimum atomic E-state index is -3.32. The van der Waals surface area contributed by atoms with Crippen LogP contribution in [0.25, 0.3) is 0 Å². The molecule has 0 bridgehead atoms. The summed E-state index contributed by atoms with van der Waals surface area (Å²) >= 11 is 0. The van der Waals surface area contributed by atoms with Gasteiger partial charge in [0.05, 0.1) is 0 Å². The van der Waals surface area contributed by atoms with Gasteiger partial charge in [-0.2, -0.15) is 17.0 Å². The molecule has 0 aliphatic carbocycles. The molecule has 1 aliphatic heterocycles. The molecule has 1 heterocycles. The van der Waals surface area contributed by atoms with Crippen LogP contribution in [0.4, 0.5) is 0 Å². The standard InChI is InChI=1S/C14H31N3O2S/c1-12(2)9-13(3)16(5)20(18,19)17-8-6-7-14(11-17)10-15-4/h12-15H,6-11H2,1-5H3. The molecule has 6 heteroatoms. The van der Waals surface area contributed by atoms with Gasteiger partial charge in [0.25, 0.3) is 10.2 Å². The number of rotatable bonds is 7. The Hall–Kier alpha value is -0.170. The quantitative estimate of drug-likeness (QED) is 0.776. The molecule has 5 nitrogen and oxygen atoms in total. The summed E-state index contributed by atoms with van der Waals surface area (Å²) in [5, 5.41) is 3.15. The van der Waals surface area contributed by atoms with E-state index in [4.69, 9.17) is 0 Å². The molecule has 1 fully saturated rings. The van der Waals surface area contributed by atoms with Crippen molar-refractivity contribution < 1.29 is 8.42 Å². The molecule has 120 valence electrons. The van der Waals surface area contributed by atoms with Gasteiger partial charge in [0, 0.05) is 26.2 Å². The zero-order valence-corrected chi connectivity index (χ0v) is 14.4. The zero-order valence-electron chi connectivity index (χ0n) is 13.6. The van der Waals surface area contributed by atoms with Crippen molar-refractivity contribution in [3.63, 3.8) is 0 Å². The molecule has 1 N–H and O–H groups in total. The van der Waals surface area contributed by atoms with E-state index in [-0.39, 0.29) is 6.04 Å². The second-order valence-electron chi connectivity index (χ2n) is 6.43. The summed E-state index contributed by atoms with van der Waals surface area (Å²) in [6, 6.07) is 0.0460. The molecular weight excluding hydrogens is 274 g/mol. The smallest absolute Gasteiger partial charge is 0.281 e. The van der Waals surface area contributed by atoms with Crippen molar-refractivity contribution in [2.24, 2.45) is 11.8 Å². The van der Waals surface area contributed by atoms with Gasteiger partial charge < -0.3 is 5.32 Å². The van der Waals surface area contributed by atoms with E-state index in [1.807, 2.05) is 14.0 Å². The molecule has 0 aromatic carbocycles. The van der Waals surface area contributed by atoms with Gasteiger partial charge in [0.2, 0.25) is 0 Å². The van der Waals surface area contributed by atoms with Crippen molar-refractivity contribution in [2.45, 2.75) is 46.1 Å². The SMILES string of the molecule is CNCC1CCCN(S(=O)(=O)N(C)C(C)CC(C)C)C1. The zero-order chi connectivity index (χ0) is 15.3. The Morgan fingerprint density at radius 1 is 1.35 bits per heavy atom. The lowest BCUT2D eigenvalue weighted by atomic mass is 10.00. The van der Waals surface area contributed by atoms with Gasteiger partial charge in [-0.1, -0.05) is 13.8 Å². The summed E-state index contributed by atoms with van der Waals surface area (Å²) in [5.74, 6) is 0.929. The molecule has 0 saturated carbocycles. The first kappa shape index (κ1) is 17.9. The van der Waals surface area contributed by atoms with Crippen LogP contribution >= 0.6 is 0 Å². The van der Waals surface area contributed by atoms with E-state index >= 15 is 0 Å². The van der Waals surface area contributed by atoms with Crippen molar-refractivity contribution in [1.29, 1.82) is 0 Å². The fraction of sp³-hybridized carbons (Fsp3) is 1.00. The Balaban J connectivity index is 2.71. The van der Waals surface area contributed by atoms with Crippen LogP contribution in [0.5, 0.6) is 0 Å². The van der Waals surface area contributed by atoms with Crippen molar-refractivity contribution in [3.8, 4) is 0 Å². The normalized spacial score (nSPS) is 23.4. The molecule has 1 rings (SSSR count). The van der Waals surface area contributed by atoms with Crippen LogP contribution in [0, 0.1) is 11.8 Å². The van der Waals surface area contributed by atoms with E-state index in [2.05, 4.69) is 19.2 Å². The molecule has 2 unspecified atom stereocenters. The van der Waals surface area contributed by atoms with Gasteiger partial charge in [-0.25, -0.2) is 0 Å². The van der Waals surface area contributed by atoms with E-state index < -0.39 is 10.2 Å². The first-order chi connectivity index (χ1) is 9.28. The average molecular weight is 305 g/mol. The van der Waals surface area contributed by atoms with Gasteiger partial charge in [0.1, 0.15) is 0 Å². The number of piperidine rings is 1. The molecule has 0 spiro atoms. The Morgan fingerprint density at radius 3 is 2.55 bits per heavy atom. The van der Waals surface area contributed by atoms with Gasteiger partial charge in [-0.15, -0.1) is 0 Å². The third-order valence-electron chi connectivity index (χ3n) is 4.10. The molecule has 20 heavy (non-hydrogen) atoms. The highest BCUT2D eigenvalue weighted by Gasteiger charge is 2.33. The lowest BCUT2D eigenvalue weighted by Gasteiger charge is -2.36. The van der Waals surface area contributed by atoms with E-state index in [0.29, 0.717) is 24.9 Å². The fourth-order valence-electron chi connectivity index (χ4n) is 2.93. The van der Waals surface area contributed by atoms with Crippen LogP contribution < -0.4 is 5.32 Å². The van der Waals surface area contributed by atoms with Crippen LogP contribution in [0.3, 0.4) is 0 Å². The molecule has 1 saturated heterocycles. The monoisotopic (exact) mass is 305 g/mol. The maximum atomic E-state index is 12.7. The summed E-state index contributed by atoms with van der Waals surface area (Å²) in [6.45, 7) is 8.43. The molecule has 0 aromatic heterocycles. The van der Waals surface area contributed by atoms with Crippen molar-refractivity contribution in [2.75, 3.05) is 33.7 Å². The second-order valence-corrected chi connectivity index (χ2v) is 8.41. The third-order valence-corrected chi connectivity index (χ3v) is 6.17. The summed E-state index contributed by atoms with van der Waals surface area (Å²) in [5.41, 5.74) is 0. The maximum absolute atomic E-state index is 12.7. The highest BCUT2D eigenvalue weighted by atomic mass is 32.2. The summed E-state index contributed by atoms with van der Waals surface area (Å²) in [4.78, 5) is 0. The van der Waals surface area contributed by atoms with Gasteiger partial charge in [0.15, 0.2) is 0 Å². The summed E-state index contributed by atoms with van der Waals surface area (Å²) in [6.07, 6.45) is 2.96. The molecular formula is C14H31N3O2S. The number of nitrogens with zero attached hydrogens (tertiary/aromatic N) is 2. The second kappa shape index (κ2) is 7.73. The first-order valence-corrected chi connectivity index (χ1v) is 9.06. The minimum absolute atomic E-state index is 0.0460. The van der Waals surface area contributed by atoms with Crippen LogP contribution in [0.15, 0.2) is 0 Å². The Kier molecular flexibility index (Phi) is 6.91. The van der Waals surface area contributed by atoms with E-state index in [1.54, 1.807) is 15.7 Å². The topological polar surface area (TPSA) is 52.7 Å². The number of hydrogen-bond donors (Lipinski definition) is 1. The van der Waals surface area contributed by atoms with Crippen molar-refractivity contribution >= 4 is 10.2 Å². The Morgan fingerprint density at radius 2 is 2.00 bits per heavy atom. The minimum Gasteiger partial charge on any atom is -0.319 e. The highest BCUT2D eigenvalue weighted by molar-refractivity contribution is 7.86. The highest BCUT2D eigenvalue weighted by Crippen LogP contribution is 2.22. The maximum Gasteiger partial charge on any atom is 0.281 e. The molecule has 0 aromatic rings. The summed E-state index contributed by atoms with van der Waals surface area (Å²) in [7, 11) is 0.314. The van der Waals surface area contributed by atoms with Crippen molar-refractivity contribution in [3.05, 3.63) is 0 Å². The van der Waals surface area contributed by atoms with Crippen LogP contribution in [-0.4, -0.2) is 56.8 Å². The average Bonchev–Trinajstić information content (AvgIpc) is 2.37. The Labute approximate surface area is 124 Å². The number of hydrogen-bond acceptors (Lipinski definition) is 3. The van der Waals surface area contributed by atoms with E-state index in [0.717, 1.165) is 25.8 Å². The van der Waals surface area contributed by atoms with Crippen LogP contribution in [0.1, 0.15) is 40.0 Å². The molecule has 0 amide bonds. The third kappa shape index (κ3) is 4.69. The lowest BCUT2D eigenvalue weighted by Crippen LogP contribution is -2.50. The predicted molar refractivity (Wildman–Crippen MR) is 83.8 cm³/mol. The summed E-state index contributed by atoms with van der Waals surface area (Å²) < 4.78 is 28.6. The lowest BCUT2D eigenvalue weighted by molar-refractivity contribution is 0.236. The van der Waals surface area contributed by atoms with E-state index in [1.165, 1.54) is 0 Å². The number of nitrogens with one attached hydrogen (secondary N) is 1. The molecule has 2 atom stereocenters. The fourth-order valence-corrected chi connectivity index (χ4v) is 4.60. The van der Waals surface area contributed by atoms with Gasteiger partial charge in [-0.3, -0.25) is 0 Å². The predicted octanol–water partition coefficient (Wildman–Crippen LogP) is 1.53. The van der Waals surface area contributed by atoms with Gasteiger partial charge in [-0.05, 0) is 51.6 Å². The van der Waals surface area contributed by atoms with Gasteiger partial charge >= 0.3 is 0 Å². The first-order valence-electron chi connectivity index (χ1n) is 7.66. The molecule has 0 radical (unpaired) electrons.